The summed E-state index contributed by atoms with van der Waals surface area (Å²) in [5.41, 5.74) is -0.128. The lowest BCUT2D eigenvalue weighted by Gasteiger charge is -2.15. The minimum absolute atomic E-state index is 0.272. The predicted octanol–water partition coefficient (Wildman–Crippen LogP) is 4.05. The van der Waals surface area contributed by atoms with Crippen molar-refractivity contribution < 1.29 is 18.3 Å². The van der Waals surface area contributed by atoms with Crippen LogP contribution in [0.4, 0.5) is 13.2 Å². The predicted molar refractivity (Wildman–Crippen MR) is 65.2 cm³/mol. The third-order valence-corrected chi connectivity index (χ3v) is 3.10. The van der Waals surface area contributed by atoms with Crippen LogP contribution < -0.4 is 0 Å². The summed E-state index contributed by atoms with van der Waals surface area (Å²) in [6.45, 7) is 4.05. The van der Waals surface area contributed by atoms with Gasteiger partial charge in [0.2, 0.25) is 0 Å². The summed E-state index contributed by atoms with van der Waals surface area (Å²) in [6.07, 6.45) is -3.05. The number of halogens is 3. The number of aliphatic hydroxyl groups excluding tert-OH is 1. The van der Waals surface area contributed by atoms with Crippen LogP contribution in [0.1, 0.15) is 37.8 Å². The van der Waals surface area contributed by atoms with Crippen LogP contribution in [0.15, 0.2) is 24.3 Å². The van der Waals surface area contributed by atoms with Crippen LogP contribution in [-0.4, -0.2) is 11.2 Å². The highest BCUT2D eigenvalue weighted by atomic mass is 19.4. The molecule has 1 rings (SSSR count). The molecule has 1 N–H and O–H groups in total. The fraction of sp³-hybridized carbons (Fsp3) is 0.571. The molecule has 0 amide bonds. The summed E-state index contributed by atoms with van der Waals surface area (Å²) in [5.74, 6) is 0.380. The molecule has 18 heavy (non-hydrogen) atoms. The van der Waals surface area contributed by atoms with E-state index in [1.165, 1.54) is 6.07 Å². The van der Waals surface area contributed by atoms with Gasteiger partial charge < -0.3 is 5.11 Å². The van der Waals surface area contributed by atoms with E-state index in [-0.39, 0.29) is 6.42 Å². The number of rotatable bonds is 5. The van der Waals surface area contributed by atoms with Crippen LogP contribution in [-0.2, 0) is 12.6 Å². The highest BCUT2D eigenvalue weighted by Crippen LogP contribution is 2.29. The van der Waals surface area contributed by atoms with Gasteiger partial charge in [0.1, 0.15) is 0 Å². The second-order valence-corrected chi connectivity index (χ2v) is 4.81. The second-order valence-electron chi connectivity index (χ2n) is 4.81. The fourth-order valence-electron chi connectivity index (χ4n) is 1.86. The molecule has 0 aliphatic rings. The molecule has 0 aliphatic heterocycles. The molecule has 2 unspecified atom stereocenters. The lowest BCUT2D eigenvalue weighted by atomic mass is 9.96. The van der Waals surface area contributed by atoms with E-state index in [1.54, 1.807) is 6.07 Å². The van der Waals surface area contributed by atoms with Gasteiger partial charge in [-0.3, -0.25) is 0 Å². The summed E-state index contributed by atoms with van der Waals surface area (Å²) in [5, 5.41) is 9.82. The molecule has 0 fully saturated rings. The molecule has 0 heterocycles. The van der Waals surface area contributed by atoms with E-state index in [2.05, 4.69) is 0 Å². The smallest absolute Gasteiger partial charge is 0.393 e. The Morgan fingerprint density at radius 1 is 1.28 bits per heavy atom. The minimum Gasteiger partial charge on any atom is -0.393 e. The first-order valence-corrected chi connectivity index (χ1v) is 6.17. The molecule has 1 nitrogen and oxygen atoms in total. The van der Waals surface area contributed by atoms with E-state index in [0.717, 1.165) is 18.6 Å². The van der Waals surface area contributed by atoms with Gasteiger partial charge in [0, 0.05) is 0 Å². The molecule has 4 heteroatoms. The SMILES string of the molecule is CCC(C)CC(O)Cc1cccc(C(F)(F)F)c1. The van der Waals surface area contributed by atoms with Gasteiger partial charge in [0.15, 0.2) is 0 Å². The van der Waals surface area contributed by atoms with E-state index >= 15 is 0 Å². The molecule has 0 saturated heterocycles. The molecule has 0 aromatic heterocycles. The van der Waals surface area contributed by atoms with Crippen molar-refractivity contribution in [2.75, 3.05) is 0 Å². The maximum atomic E-state index is 12.5. The van der Waals surface area contributed by atoms with E-state index in [0.29, 0.717) is 17.9 Å². The van der Waals surface area contributed by atoms with Crippen LogP contribution in [0.5, 0.6) is 0 Å². The monoisotopic (exact) mass is 260 g/mol. The van der Waals surface area contributed by atoms with E-state index < -0.39 is 17.8 Å². The summed E-state index contributed by atoms with van der Waals surface area (Å²) in [7, 11) is 0. The van der Waals surface area contributed by atoms with E-state index in [4.69, 9.17) is 0 Å². The van der Waals surface area contributed by atoms with Gasteiger partial charge in [-0.2, -0.15) is 13.2 Å². The van der Waals surface area contributed by atoms with Crippen LogP contribution in [0, 0.1) is 5.92 Å². The quantitative estimate of drug-likeness (QED) is 0.847. The molecule has 102 valence electrons. The molecular weight excluding hydrogens is 241 g/mol. The number of hydrogen-bond acceptors (Lipinski definition) is 1. The number of benzene rings is 1. The van der Waals surface area contributed by atoms with Gasteiger partial charge >= 0.3 is 6.18 Å². The van der Waals surface area contributed by atoms with Crippen LogP contribution >= 0.6 is 0 Å². The summed E-state index contributed by atoms with van der Waals surface area (Å²) >= 11 is 0. The van der Waals surface area contributed by atoms with Gasteiger partial charge in [-0.15, -0.1) is 0 Å². The summed E-state index contributed by atoms with van der Waals surface area (Å²) in [6, 6.07) is 5.16. The highest BCUT2D eigenvalue weighted by molar-refractivity contribution is 5.26. The average Bonchev–Trinajstić information content (AvgIpc) is 2.27. The van der Waals surface area contributed by atoms with E-state index in [1.807, 2.05) is 13.8 Å². The summed E-state index contributed by atoms with van der Waals surface area (Å²) in [4.78, 5) is 0. The van der Waals surface area contributed by atoms with Crippen molar-refractivity contribution in [3.8, 4) is 0 Å². The Balaban J connectivity index is 2.68. The molecule has 2 atom stereocenters. The molecule has 0 spiro atoms. The van der Waals surface area contributed by atoms with Crippen molar-refractivity contribution >= 4 is 0 Å². The highest BCUT2D eigenvalue weighted by Gasteiger charge is 2.30. The van der Waals surface area contributed by atoms with Crippen molar-refractivity contribution in [1.82, 2.24) is 0 Å². The Hall–Kier alpha value is -1.03. The lowest BCUT2D eigenvalue weighted by Crippen LogP contribution is -2.15. The topological polar surface area (TPSA) is 20.2 Å². The zero-order chi connectivity index (χ0) is 13.8. The van der Waals surface area contributed by atoms with Crippen molar-refractivity contribution in [2.24, 2.45) is 5.92 Å². The first-order chi connectivity index (χ1) is 8.32. The van der Waals surface area contributed by atoms with Crippen LogP contribution in [0.25, 0.3) is 0 Å². The fourth-order valence-corrected chi connectivity index (χ4v) is 1.86. The van der Waals surface area contributed by atoms with Crippen molar-refractivity contribution in [3.05, 3.63) is 35.4 Å². The molecule has 0 bridgehead atoms. The zero-order valence-corrected chi connectivity index (χ0v) is 10.7. The standard InChI is InChI=1S/C14H19F3O/c1-3-10(2)7-13(18)9-11-5-4-6-12(8-11)14(15,16)17/h4-6,8,10,13,18H,3,7,9H2,1-2H3. The first-order valence-electron chi connectivity index (χ1n) is 6.17. The molecular formula is C14H19F3O. The zero-order valence-electron chi connectivity index (χ0n) is 10.7. The number of aliphatic hydroxyl groups is 1. The lowest BCUT2D eigenvalue weighted by molar-refractivity contribution is -0.137. The summed E-state index contributed by atoms with van der Waals surface area (Å²) < 4.78 is 37.5. The molecule has 1 aromatic rings. The number of alkyl halides is 3. The van der Waals surface area contributed by atoms with Gasteiger partial charge in [-0.1, -0.05) is 38.5 Å². The van der Waals surface area contributed by atoms with Crippen molar-refractivity contribution in [3.63, 3.8) is 0 Å². The van der Waals surface area contributed by atoms with E-state index in [9.17, 15) is 18.3 Å². The largest absolute Gasteiger partial charge is 0.416 e. The number of hydrogen-bond donors (Lipinski definition) is 1. The Bertz CT molecular complexity index is 374. The molecule has 0 radical (unpaired) electrons. The average molecular weight is 260 g/mol. The van der Waals surface area contributed by atoms with Gasteiger partial charge in [0.25, 0.3) is 0 Å². The Labute approximate surface area is 106 Å². The van der Waals surface area contributed by atoms with Gasteiger partial charge in [0.05, 0.1) is 11.7 Å². The van der Waals surface area contributed by atoms with Crippen LogP contribution in [0.2, 0.25) is 0 Å². The normalized spacial score (nSPS) is 15.4. The minimum atomic E-state index is -4.32. The third kappa shape index (κ3) is 4.69. The Morgan fingerprint density at radius 2 is 1.94 bits per heavy atom. The Morgan fingerprint density at radius 3 is 2.50 bits per heavy atom. The van der Waals surface area contributed by atoms with Crippen molar-refractivity contribution in [2.45, 2.75) is 45.4 Å². The van der Waals surface area contributed by atoms with Crippen LogP contribution in [0.3, 0.4) is 0 Å². The maximum absolute atomic E-state index is 12.5. The maximum Gasteiger partial charge on any atom is 0.416 e. The Kier molecular flexibility index (Phi) is 5.20. The van der Waals surface area contributed by atoms with Gasteiger partial charge in [-0.25, -0.2) is 0 Å². The first kappa shape index (κ1) is 15.0. The van der Waals surface area contributed by atoms with Gasteiger partial charge in [-0.05, 0) is 30.4 Å². The molecule has 1 aromatic carbocycles. The second kappa shape index (κ2) is 6.23. The molecule has 0 aliphatic carbocycles. The van der Waals surface area contributed by atoms with Crippen molar-refractivity contribution in [1.29, 1.82) is 0 Å². The molecule has 0 saturated carbocycles. The third-order valence-electron chi connectivity index (χ3n) is 3.10.